The molecular weight excluding hydrogens is 519 g/mol. The molecule has 1 amide bonds. The first-order valence-electron chi connectivity index (χ1n) is 13.4. The van der Waals surface area contributed by atoms with Crippen molar-refractivity contribution in [2.45, 2.75) is 36.9 Å². The summed E-state index contributed by atoms with van der Waals surface area (Å²) >= 11 is 1.79. The van der Waals surface area contributed by atoms with Crippen molar-refractivity contribution in [2.75, 3.05) is 13.2 Å². The van der Waals surface area contributed by atoms with Gasteiger partial charge in [0.1, 0.15) is 12.4 Å². The number of nitrogens with zero attached hydrogens (tertiary/aromatic N) is 1. The number of amides is 1. The van der Waals surface area contributed by atoms with E-state index in [1.165, 1.54) is 15.0 Å². The minimum Gasteiger partial charge on any atom is -0.492 e. The highest BCUT2D eigenvalue weighted by atomic mass is 32.1. The van der Waals surface area contributed by atoms with Gasteiger partial charge in [-0.2, -0.15) is 0 Å². The van der Waals surface area contributed by atoms with Crippen molar-refractivity contribution in [1.29, 1.82) is 0 Å². The summed E-state index contributed by atoms with van der Waals surface area (Å²) in [5.41, 5.74) is 4.38. The number of hydrogen-bond acceptors (Lipinski definition) is 5. The second-order valence-electron chi connectivity index (χ2n) is 10.8. The minimum absolute atomic E-state index is 0.0744. The fourth-order valence-electron chi connectivity index (χ4n) is 5.41. The van der Waals surface area contributed by atoms with E-state index < -0.39 is 5.54 Å². The summed E-state index contributed by atoms with van der Waals surface area (Å²) in [5, 5.41) is 8.91. The van der Waals surface area contributed by atoms with Crippen LogP contribution in [0, 0.1) is 6.92 Å². The van der Waals surface area contributed by atoms with Crippen LogP contribution < -0.4 is 15.4 Å². The lowest BCUT2D eigenvalue weighted by atomic mass is 9.95. The van der Waals surface area contributed by atoms with Crippen LogP contribution >= 0.6 is 11.3 Å². The second-order valence-corrected chi connectivity index (χ2v) is 12.8. The molecule has 7 rings (SSSR count). The molecule has 1 saturated carbocycles. The van der Waals surface area contributed by atoms with E-state index in [-0.39, 0.29) is 11.1 Å². The molecule has 3 radical (unpaired) electrons. The van der Waals surface area contributed by atoms with E-state index in [0.717, 1.165) is 53.4 Å². The zero-order chi connectivity index (χ0) is 26.6. The van der Waals surface area contributed by atoms with Crippen molar-refractivity contribution in [3.05, 3.63) is 95.7 Å². The highest BCUT2D eigenvalue weighted by Gasteiger charge is 2.47. The second kappa shape index (κ2) is 9.29. The molecule has 5 aromatic rings. The largest absolute Gasteiger partial charge is 0.492 e. The van der Waals surface area contributed by atoms with Gasteiger partial charge < -0.3 is 15.4 Å². The van der Waals surface area contributed by atoms with Gasteiger partial charge in [0.05, 0.1) is 21.3 Å². The highest BCUT2D eigenvalue weighted by molar-refractivity contribution is 7.22. The Kier molecular flexibility index (Phi) is 5.84. The fraction of sp³-hybridized carbons (Fsp3) is 0.250. The molecule has 7 heteroatoms. The standard InChI is InChI=1S/C32H28N3O2SSi/c1-20-8-9-23(37-19-32(39)12-14-34-32)18-25(20)30(36)35-31(10-11-31)26-15-22(16-27-24(26)6-4-13-33-27)29-17-21-5-2-3-7-28(21)38-29/h2-9,13,15-18,34H,10-12,14,19H2,1H3,(H,35,36). The molecule has 3 aromatic carbocycles. The normalized spacial score (nSPS) is 19.5. The predicted octanol–water partition coefficient (Wildman–Crippen LogP) is 6.08. The summed E-state index contributed by atoms with van der Waals surface area (Å²) in [7, 11) is 3.75. The number of aryl methyl sites for hydroxylation is 1. The Labute approximate surface area is 235 Å². The van der Waals surface area contributed by atoms with Crippen LogP contribution in [0.3, 0.4) is 0 Å². The Balaban J connectivity index is 1.22. The van der Waals surface area contributed by atoms with E-state index in [1.807, 2.05) is 37.4 Å². The third-order valence-electron chi connectivity index (χ3n) is 8.00. The average molecular weight is 547 g/mol. The van der Waals surface area contributed by atoms with Crippen LogP contribution in [0.5, 0.6) is 5.75 Å². The van der Waals surface area contributed by atoms with Gasteiger partial charge in [-0.15, -0.1) is 11.3 Å². The molecule has 0 spiro atoms. The van der Waals surface area contributed by atoms with E-state index in [0.29, 0.717) is 17.9 Å². The number of pyridine rings is 1. The topological polar surface area (TPSA) is 63.2 Å². The number of rotatable bonds is 7. The zero-order valence-electron chi connectivity index (χ0n) is 21.7. The lowest BCUT2D eigenvalue weighted by Gasteiger charge is -2.39. The van der Waals surface area contributed by atoms with Gasteiger partial charge >= 0.3 is 0 Å². The van der Waals surface area contributed by atoms with Crippen molar-refractivity contribution in [3.8, 4) is 16.2 Å². The molecule has 39 heavy (non-hydrogen) atoms. The van der Waals surface area contributed by atoms with Crippen molar-refractivity contribution in [1.82, 2.24) is 15.6 Å². The van der Waals surface area contributed by atoms with E-state index in [9.17, 15) is 4.79 Å². The number of carbonyl (C=O) groups excluding carboxylic acids is 1. The number of fused-ring (bicyclic) bond motifs is 2. The van der Waals surface area contributed by atoms with Crippen LogP contribution in [0.15, 0.2) is 79.0 Å². The van der Waals surface area contributed by atoms with Crippen LogP contribution in [0.1, 0.15) is 40.7 Å². The first kappa shape index (κ1) is 24.5. The molecule has 1 aliphatic heterocycles. The van der Waals surface area contributed by atoms with Crippen molar-refractivity contribution >= 4 is 48.5 Å². The number of aromatic nitrogens is 1. The highest BCUT2D eigenvalue weighted by Crippen LogP contribution is 2.49. The van der Waals surface area contributed by atoms with E-state index >= 15 is 0 Å². The summed E-state index contributed by atoms with van der Waals surface area (Å²) in [6, 6.07) is 25.0. The van der Waals surface area contributed by atoms with Gasteiger partial charge in [0.15, 0.2) is 0 Å². The Bertz CT molecular complexity index is 1710. The van der Waals surface area contributed by atoms with E-state index in [2.05, 4.69) is 69.4 Å². The van der Waals surface area contributed by atoms with Gasteiger partial charge in [-0.3, -0.25) is 9.78 Å². The maximum atomic E-state index is 13.7. The monoisotopic (exact) mass is 546 g/mol. The molecule has 3 heterocycles. The molecule has 2 fully saturated rings. The molecule has 1 atom stereocenters. The third kappa shape index (κ3) is 4.54. The Morgan fingerprint density at radius 3 is 2.69 bits per heavy atom. The maximum Gasteiger partial charge on any atom is 0.252 e. The molecule has 1 unspecified atom stereocenters. The SMILES string of the molecule is Cc1ccc(OCC2([Si])CCN2)cc1C(=O)NC1(c2cc(-c3cc4ccccc4s3)cc3ncccc23)CC1. The van der Waals surface area contributed by atoms with Gasteiger partial charge in [0.2, 0.25) is 0 Å². The van der Waals surface area contributed by atoms with Gasteiger partial charge in [-0.1, -0.05) is 30.3 Å². The first-order chi connectivity index (χ1) is 18.9. The van der Waals surface area contributed by atoms with Crippen molar-refractivity contribution in [2.24, 2.45) is 0 Å². The van der Waals surface area contributed by atoms with Gasteiger partial charge in [-0.05, 0) is 97.3 Å². The summed E-state index contributed by atoms with van der Waals surface area (Å²) in [6.07, 6.45) is 4.63. The molecule has 2 N–H and O–H groups in total. The average Bonchev–Trinajstić information content (AvgIpc) is 3.58. The third-order valence-corrected chi connectivity index (χ3v) is 9.74. The van der Waals surface area contributed by atoms with Crippen LogP contribution in [-0.4, -0.2) is 39.4 Å². The lowest BCUT2D eigenvalue weighted by molar-refractivity contribution is 0.0930. The van der Waals surface area contributed by atoms with Crippen LogP contribution in [0.25, 0.3) is 31.4 Å². The molecule has 1 aliphatic carbocycles. The number of carbonyl (C=O) groups is 1. The quantitative estimate of drug-likeness (QED) is 0.243. The summed E-state index contributed by atoms with van der Waals surface area (Å²) in [6.45, 7) is 3.45. The number of hydrogen-bond donors (Lipinski definition) is 2. The maximum absolute atomic E-state index is 13.7. The molecule has 0 bridgehead atoms. The summed E-state index contributed by atoms with van der Waals surface area (Å²) in [5.74, 6) is 0.623. The Hall–Kier alpha value is -3.52. The fourth-order valence-corrected chi connectivity index (χ4v) is 6.78. The van der Waals surface area contributed by atoms with E-state index in [1.54, 1.807) is 11.3 Å². The Morgan fingerprint density at radius 2 is 1.92 bits per heavy atom. The minimum atomic E-state index is -0.413. The summed E-state index contributed by atoms with van der Waals surface area (Å²) < 4.78 is 7.30. The molecule has 193 valence electrons. The van der Waals surface area contributed by atoms with Crippen LogP contribution in [0.2, 0.25) is 0 Å². The smallest absolute Gasteiger partial charge is 0.252 e. The molecular formula is C32H28N3O2SSi. The first-order valence-corrected chi connectivity index (χ1v) is 14.7. The Morgan fingerprint density at radius 1 is 1.08 bits per heavy atom. The predicted molar refractivity (Wildman–Crippen MR) is 159 cm³/mol. The number of thiophene rings is 1. The molecule has 2 aliphatic rings. The van der Waals surface area contributed by atoms with Crippen LogP contribution in [-0.2, 0) is 5.54 Å². The number of benzene rings is 3. The zero-order valence-corrected chi connectivity index (χ0v) is 23.5. The van der Waals surface area contributed by atoms with Gasteiger partial charge in [0, 0.05) is 31.9 Å². The summed E-state index contributed by atoms with van der Waals surface area (Å²) in [4.78, 5) is 19.6. The van der Waals surface area contributed by atoms with Crippen LogP contribution in [0.4, 0.5) is 0 Å². The molecule has 2 aromatic heterocycles. The number of ether oxygens (including phenoxy) is 1. The molecule has 1 saturated heterocycles. The van der Waals surface area contributed by atoms with Gasteiger partial charge in [0.25, 0.3) is 5.91 Å². The van der Waals surface area contributed by atoms with E-state index in [4.69, 9.17) is 9.72 Å². The van der Waals surface area contributed by atoms with Crippen molar-refractivity contribution in [3.63, 3.8) is 0 Å². The number of nitrogens with one attached hydrogen (secondary N) is 2. The van der Waals surface area contributed by atoms with Crippen molar-refractivity contribution < 1.29 is 9.53 Å². The lowest BCUT2D eigenvalue weighted by Crippen LogP contribution is -2.61. The van der Waals surface area contributed by atoms with Gasteiger partial charge in [-0.25, -0.2) is 0 Å². The molecule has 5 nitrogen and oxygen atoms in total.